The lowest BCUT2D eigenvalue weighted by atomic mass is 10.2. The first-order valence-electron chi connectivity index (χ1n) is 5.40. The van der Waals surface area contributed by atoms with Gasteiger partial charge in [0.15, 0.2) is 6.61 Å². The second kappa shape index (κ2) is 7.24. The fourth-order valence-electron chi connectivity index (χ4n) is 1.23. The standard InChI is InChI=1S/C12H13Cl2NO3/c1-2-10(12(14)17)15-11(16)7-18-9-5-3-8(13)4-6-9/h3-6,10H,2,7H2,1H3,(H,15,16). The normalized spacial score (nSPS) is 11.7. The van der Waals surface area contributed by atoms with E-state index in [-0.39, 0.29) is 6.61 Å². The summed E-state index contributed by atoms with van der Waals surface area (Å²) in [5.41, 5.74) is 0. The number of nitrogens with one attached hydrogen (secondary N) is 1. The van der Waals surface area contributed by atoms with Crippen molar-refractivity contribution >= 4 is 34.4 Å². The molecule has 6 heteroatoms. The largest absolute Gasteiger partial charge is 0.484 e. The fourth-order valence-corrected chi connectivity index (χ4v) is 1.57. The molecule has 1 amide bonds. The molecule has 0 saturated heterocycles. The summed E-state index contributed by atoms with van der Waals surface area (Å²) in [5.74, 6) is 0.130. The molecule has 0 radical (unpaired) electrons. The highest BCUT2D eigenvalue weighted by Crippen LogP contribution is 2.15. The molecule has 1 unspecified atom stereocenters. The fraction of sp³-hybridized carbons (Fsp3) is 0.333. The summed E-state index contributed by atoms with van der Waals surface area (Å²) < 4.78 is 5.22. The average Bonchev–Trinajstić information content (AvgIpc) is 2.35. The van der Waals surface area contributed by atoms with E-state index in [0.29, 0.717) is 17.2 Å². The summed E-state index contributed by atoms with van der Waals surface area (Å²) in [6.07, 6.45) is 0.440. The third-order valence-corrected chi connectivity index (χ3v) is 2.72. The first-order chi connectivity index (χ1) is 8.52. The van der Waals surface area contributed by atoms with Crippen LogP contribution in [0.1, 0.15) is 13.3 Å². The molecule has 0 aliphatic carbocycles. The van der Waals surface area contributed by atoms with Crippen LogP contribution in [0.2, 0.25) is 5.02 Å². The van der Waals surface area contributed by atoms with Crippen LogP contribution in [0, 0.1) is 0 Å². The van der Waals surface area contributed by atoms with E-state index in [1.807, 2.05) is 0 Å². The zero-order valence-corrected chi connectivity index (χ0v) is 11.3. The van der Waals surface area contributed by atoms with Gasteiger partial charge in [0.25, 0.3) is 5.91 Å². The highest BCUT2D eigenvalue weighted by atomic mass is 35.5. The topological polar surface area (TPSA) is 55.4 Å². The van der Waals surface area contributed by atoms with Crippen LogP contribution < -0.4 is 10.1 Å². The number of hydrogen-bond donors (Lipinski definition) is 1. The Hall–Kier alpha value is -1.26. The number of carbonyl (C=O) groups excluding carboxylic acids is 2. The maximum absolute atomic E-state index is 11.5. The van der Waals surface area contributed by atoms with Gasteiger partial charge in [-0.2, -0.15) is 0 Å². The van der Waals surface area contributed by atoms with E-state index >= 15 is 0 Å². The molecule has 1 aromatic rings. The Morgan fingerprint density at radius 1 is 1.33 bits per heavy atom. The number of ether oxygens (including phenoxy) is 1. The van der Waals surface area contributed by atoms with Gasteiger partial charge in [-0.05, 0) is 42.3 Å². The van der Waals surface area contributed by atoms with Crippen LogP contribution in [0.4, 0.5) is 0 Å². The van der Waals surface area contributed by atoms with Crippen molar-refractivity contribution in [3.63, 3.8) is 0 Å². The molecule has 0 aliphatic rings. The van der Waals surface area contributed by atoms with Crippen LogP contribution in [0.3, 0.4) is 0 Å². The second-order valence-electron chi connectivity index (χ2n) is 3.58. The van der Waals surface area contributed by atoms with Crippen molar-refractivity contribution in [1.82, 2.24) is 5.32 Å². The predicted molar refractivity (Wildman–Crippen MR) is 70.0 cm³/mol. The van der Waals surface area contributed by atoms with Crippen LogP contribution >= 0.6 is 23.2 Å². The molecular formula is C12H13Cl2NO3. The number of amides is 1. The van der Waals surface area contributed by atoms with Gasteiger partial charge < -0.3 is 10.1 Å². The van der Waals surface area contributed by atoms with Gasteiger partial charge in [-0.25, -0.2) is 0 Å². The van der Waals surface area contributed by atoms with Crippen LogP contribution in [0.15, 0.2) is 24.3 Å². The molecule has 18 heavy (non-hydrogen) atoms. The maximum Gasteiger partial charge on any atom is 0.258 e. The zero-order chi connectivity index (χ0) is 13.5. The summed E-state index contributed by atoms with van der Waals surface area (Å²) in [7, 11) is 0. The second-order valence-corrected chi connectivity index (χ2v) is 4.38. The van der Waals surface area contributed by atoms with Crippen molar-refractivity contribution in [3.05, 3.63) is 29.3 Å². The molecule has 0 saturated carbocycles. The van der Waals surface area contributed by atoms with Crippen LogP contribution in [0.5, 0.6) is 5.75 Å². The van der Waals surface area contributed by atoms with Crippen LogP contribution in [-0.4, -0.2) is 23.8 Å². The number of benzene rings is 1. The number of carbonyl (C=O) groups is 2. The first-order valence-corrected chi connectivity index (χ1v) is 6.15. The van der Waals surface area contributed by atoms with E-state index in [9.17, 15) is 9.59 Å². The molecule has 0 heterocycles. The molecule has 1 atom stereocenters. The van der Waals surface area contributed by atoms with Crippen LogP contribution in [-0.2, 0) is 9.59 Å². The van der Waals surface area contributed by atoms with Gasteiger partial charge in [-0.3, -0.25) is 9.59 Å². The quantitative estimate of drug-likeness (QED) is 0.818. The molecule has 0 aliphatic heterocycles. The van der Waals surface area contributed by atoms with Crippen molar-refractivity contribution in [2.45, 2.75) is 19.4 Å². The SMILES string of the molecule is CCC(NC(=O)COc1ccc(Cl)cc1)C(=O)Cl. The molecule has 0 bridgehead atoms. The van der Waals surface area contributed by atoms with Crippen molar-refractivity contribution < 1.29 is 14.3 Å². The Balaban J connectivity index is 2.41. The zero-order valence-electron chi connectivity index (χ0n) is 9.78. The molecule has 0 spiro atoms. The lowest BCUT2D eigenvalue weighted by Crippen LogP contribution is -2.40. The lowest BCUT2D eigenvalue weighted by Gasteiger charge is -2.12. The van der Waals surface area contributed by atoms with Crippen LogP contribution in [0.25, 0.3) is 0 Å². The third-order valence-electron chi connectivity index (χ3n) is 2.20. The van der Waals surface area contributed by atoms with Crippen molar-refractivity contribution in [2.24, 2.45) is 0 Å². The Kier molecular flexibility index (Phi) is 5.95. The highest BCUT2D eigenvalue weighted by molar-refractivity contribution is 6.64. The van der Waals surface area contributed by atoms with Gasteiger partial charge >= 0.3 is 0 Å². The molecule has 98 valence electrons. The Morgan fingerprint density at radius 3 is 2.44 bits per heavy atom. The van der Waals surface area contributed by atoms with Gasteiger partial charge in [0, 0.05) is 5.02 Å². The van der Waals surface area contributed by atoms with Gasteiger partial charge in [-0.15, -0.1) is 0 Å². The summed E-state index contributed by atoms with van der Waals surface area (Å²) >= 11 is 11.0. The Bertz CT molecular complexity index is 420. The summed E-state index contributed by atoms with van der Waals surface area (Å²) in [6, 6.07) is 5.95. The molecule has 4 nitrogen and oxygen atoms in total. The van der Waals surface area contributed by atoms with E-state index in [2.05, 4.69) is 5.32 Å². The maximum atomic E-state index is 11.5. The average molecular weight is 290 g/mol. The molecular weight excluding hydrogens is 277 g/mol. The van der Waals surface area contributed by atoms with E-state index < -0.39 is 17.2 Å². The minimum absolute atomic E-state index is 0.178. The van der Waals surface area contributed by atoms with Crippen molar-refractivity contribution in [3.8, 4) is 5.75 Å². The highest BCUT2D eigenvalue weighted by Gasteiger charge is 2.16. The van der Waals surface area contributed by atoms with Crippen molar-refractivity contribution in [2.75, 3.05) is 6.61 Å². The summed E-state index contributed by atoms with van der Waals surface area (Å²) in [4.78, 5) is 22.4. The monoisotopic (exact) mass is 289 g/mol. The molecule has 1 aromatic carbocycles. The summed E-state index contributed by atoms with van der Waals surface area (Å²) in [6.45, 7) is 1.58. The van der Waals surface area contributed by atoms with Gasteiger partial charge in [0.2, 0.25) is 5.24 Å². The smallest absolute Gasteiger partial charge is 0.258 e. The van der Waals surface area contributed by atoms with E-state index in [0.717, 1.165) is 0 Å². The Morgan fingerprint density at radius 2 is 1.94 bits per heavy atom. The van der Waals surface area contributed by atoms with Crippen molar-refractivity contribution in [1.29, 1.82) is 0 Å². The minimum atomic E-state index is -0.673. The molecule has 0 aromatic heterocycles. The minimum Gasteiger partial charge on any atom is -0.484 e. The van der Waals surface area contributed by atoms with E-state index in [4.69, 9.17) is 27.9 Å². The Labute approximate surface area is 115 Å². The van der Waals surface area contributed by atoms with Gasteiger partial charge in [0.05, 0.1) is 0 Å². The third kappa shape index (κ3) is 4.94. The van der Waals surface area contributed by atoms with E-state index in [1.54, 1.807) is 31.2 Å². The number of rotatable bonds is 6. The van der Waals surface area contributed by atoms with Gasteiger partial charge in [0.1, 0.15) is 11.8 Å². The predicted octanol–water partition coefficient (Wildman–Crippen LogP) is 2.38. The molecule has 1 N–H and O–H groups in total. The number of halogens is 2. The summed E-state index contributed by atoms with van der Waals surface area (Å²) in [5, 5.41) is 2.48. The molecule has 1 rings (SSSR count). The first kappa shape index (κ1) is 14.8. The van der Waals surface area contributed by atoms with E-state index in [1.165, 1.54) is 0 Å². The molecule has 0 fully saturated rings. The number of hydrogen-bond acceptors (Lipinski definition) is 3. The lowest BCUT2D eigenvalue weighted by molar-refractivity contribution is -0.126. The van der Waals surface area contributed by atoms with Gasteiger partial charge in [-0.1, -0.05) is 18.5 Å².